The molecule has 0 saturated heterocycles. The van der Waals surface area contributed by atoms with Gasteiger partial charge < -0.3 is 4.74 Å². The van der Waals surface area contributed by atoms with E-state index in [1.165, 1.54) is 0 Å². The quantitative estimate of drug-likeness (QED) is 0.739. The van der Waals surface area contributed by atoms with E-state index in [1.807, 2.05) is 34.0 Å². The number of carbonyl (C=O) groups excluding carboxylic acids is 1. The zero-order valence-corrected chi connectivity index (χ0v) is 10.5. The van der Waals surface area contributed by atoms with Gasteiger partial charge in [0.1, 0.15) is 5.60 Å². The summed E-state index contributed by atoms with van der Waals surface area (Å²) in [6.07, 6.45) is 4.66. The van der Waals surface area contributed by atoms with Gasteiger partial charge in [0, 0.05) is 26.3 Å². The minimum absolute atomic E-state index is 0.116. The molecule has 1 rings (SSSR count). The summed E-state index contributed by atoms with van der Waals surface area (Å²) in [5.74, 6) is 0.116. The van der Waals surface area contributed by atoms with Crippen molar-refractivity contribution >= 4 is 5.78 Å². The van der Waals surface area contributed by atoms with Crippen molar-refractivity contribution in [3.63, 3.8) is 0 Å². The molecule has 1 unspecified atom stereocenters. The number of aryl methyl sites for hydroxylation is 1. The SMILES string of the molecule is CCOC(C)(CC)C(=O)Cc1cnn(C)c1. The number of carbonyl (C=O) groups is 1. The van der Waals surface area contributed by atoms with Gasteiger partial charge in [-0.2, -0.15) is 5.10 Å². The maximum Gasteiger partial charge on any atom is 0.168 e. The van der Waals surface area contributed by atoms with Crippen LogP contribution in [-0.2, 0) is 23.0 Å². The Hall–Kier alpha value is -1.16. The van der Waals surface area contributed by atoms with Crippen molar-refractivity contribution in [1.82, 2.24) is 9.78 Å². The molecule has 0 fully saturated rings. The molecule has 0 amide bonds. The van der Waals surface area contributed by atoms with Gasteiger partial charge in [-0.25, -0.2) is 0 Å². The molecule has 0 radical (unpaired) electrons. The highest BCUT2D eigenvalue weighted by atomic mass is 16.5. The molecule has 4 nitrogen and oxygen atoms in total. The van der Waals surface area contributed by atoms with E-state index in [2.05, 4.69) is 5.10 Å². The second-order valence-electron chi connectivity index (χ2n) is 4.14. The average Bonchev–Trinajstić information content (AvgIpc) is 2.64. The molecule has 0 N–H and O–H groups in total. The molecule has 0 saturated carbocycles. The van der Waals surface area contributed by atoms with E-state index in [0.717, 1.165) is 5.56 Å². The Morgan fingerprint density at radius 1 is 1.56 bits per heavy atom. The summed E-state index contributed by atoms with van der Waals surface area (Å²) < 4.78 is 7.24. The summed E-state index contributed by atoms with van der Waals surface area (Å²) in [5.41, 5.74) is 0.275. The zero-order chi connectivity index (χ0) is 12.2. The standard InChI is InChI=1S/C12H20N2O2/c1-5-12(3,16-6-2)11(15)7-10-8-13-14(4)9-10/h8-9H,5-7H2,1-4H3. The van der Waals surface area contributed by atoms with Crippen LogP contribution in [0.2, 0.25) is 0 Å². The van der Waals surface area contributed by atoms with Crippen molar-refractivity contribution in [2.75, 3.05) is 6.61 Å². The van der Waals surface area contributed by atoms with Crippen LogP contribution in [0.5, 0.6) is 0 Å². The van der Waals surface area contributed by atoms with E-state index in [9.17, 15) is 4.79 Å². The summed E-state index contributed by atoms with van der Waals surface area (Å²) in [5, 5.41) is 4.05. The Bertz CT molecular complexity index is 360. The van der Waals surface area contributed by atoms with E-state index < -0.39 is 5.60 Å². The lowest BCUT2D eigenvalue weighted by atomic mass is 9.93. The number of nitrogens with zero attached hydrogens (tertiary/aromatic N) is 2. The van der Waals surface area contributed by atoms with Crippen molar-refractivity contribution in [3.05, 3.63) is 18.0 Å². The minimum Gasteiger partial charge on any atom is -0.368 e. The van der Waals surface area contributed by atoms with Crippen molar-refractivity contribution in [3.8, 4) is 0 Å². The maximum absolute atomic E-state index is 12.1. The Balaban J connectivity index is 2.69. The van der Waals surface area contributed by atoms with Gasteiger partial charge in [0.25, 0.3) is 0 Å². The molecule has 1 atom stereocenters. The third-order valence-electron chi connectivity index (χ3n) is 2.85. The van der Waals surface area contributed by atoms with Gasteiger partial charge in [-0.1, -0.05) is 6.92 Å². The molecule has 1 aromatic rings. The maximum atomic E-state index is 12.1. The van der Waals surface area contributed by atoms with Crippen LogP contribution in [0.3, 0.4) is 0 Å². The number of ether oxygens (including phenoxy) is 1. The highest BCUT2D eigenvalue weighted by molar-refractivity contribution is 5.88. The van der Waals surface area contributed by atoms with Crippen LogP contribution >= 0.6 is 0 Å². The molecule has 1 aromatic heterocycles. The number of ketones is 1. The normalized spacial score (nSPS) is 14.8. The van der Waals surface area contributed by atoms with Gasteiger partial charge >= 0.3 is 0 Å². The first-order valence-electron chi connectivity index (χ1n) is 5.66. The van der Waals surface area contributed by atoms with E-state index in [0.29, 0.717) is 19.4 Å². The monoisotopic (exact) mass is 224 g/mol. The molecular weight excluding hydrogens is 204 g/mol. The number of hydrogen-bond donors (Lipinski definition) is 0. The first-order chi connectivity index (χ1) is 7.51. The van der Waals surface area contributed by atoms with Crippen LogP contribution in [0, 0.1) is 0 Å². The summed E-state index contributed by atoms with van der Waals surface area (Å²) >= 11 is 0. The van der Waals surface area contributed by atoms with Gasteiger partial charge in [-0.3, -0.25) is 9.48 Å². The molecule has 1 heterocycles. The Morgan fingerprint density at radius 3 is 2.69 bits per heavy atom. The number of rotatable bonds is 6. The number of aromatic nitrogens is 2. The van der Waals surface area contributed by atoms with Crippen LogP contribution in [0.4, 0.5) is 0 Å². The molecule has 4 heteroatoms. The fourth-order valence-corrected chi connectivity index (χ4v) is 1.63. The fourth-order valence-electron chi connectivity index (χ4n) is 1.63. The van der Waals surface area contributed by atoms with E-state index in [4.69, 9.17) is 4.74 Å². The molecule has 0 spiro atoms. The highest BCUT2D eigenvalue weighted by Gasteiger charge is 2.31. The topological polar surface area (TPSA) is 44.1 Å². The average molecular weight is 224 g/mol. The predicted molar refractivity (Wildman–Crippen MR) is 62.2 cm³/mol. The summed E-state index contributed by atoms with van der Waals surface area (Å²) in [6.45, 7) is 6.29. The van der Waals surface area contributed by atoms with E-state index >= 15 is 0 Å². The second kappa shape index (κ2) is 5.25. The summed E-state index contributed by atoms with van der Waals surface area (Å²) in [7, 11) is 1.84. The van der Waals surface area contributed by atoms with Crippen LogP contribution in [-0.4, -0.2) is 27.8 Å². The van der Waals surface area contributed by atoms with Gasteiger partial charge in [-0.15, -0.1) is 0 Å². The van der Waals surface area contributed by atoms with Crippen molar-refractivity contribution < 1.29 is 9.53 Å². The Kier molecular flexibility index (Phi) is 4.24. The molecular formula is C12H20N2O2. The number of hydrogen-bond acceptors (Lipinski definition) is 3. The van der Waals surface area contributed by atoms with Crippen LogP contribution in [0.1, 0.15) is 32.8 Å². The molecule has 0 aromatic carbocycles. The lowest BCUT2D eigenvalue weighted by Gasteiger charge is -2.26. The molecule has 0 bridgehead atoms. The smallest absolute Gasteiger partial charge is 0.168 e. The lowest BCUT2D eigenvalue weighted by Crippen LogP contribution is -2.39. The van der Waals surface area contributed by atoms with Crippen LogP contribution < -0.4 is 0 Å². The van der Waals surface area contributed by atoms with Gasteiger partial charge in [-0.05, 0) is 25.8 Å². The molecule has 0 aliphatic heterocycles. The summed E-state index contributed by atoms with van der Waals surface area (Å²) in [4.78, 5) is 12.1. The van der Waals surface area contributed by atoms with Crippen molar-refractivity contribution in [2.45, 2.75) is 39.2 Å². The van der Waals surface area contributed by atoms with Crippen LogP contribution in [0.25, 0.3) is 0 Å². The predicted octanol–water partition coefficient (Wildman–Crippen LogP) is 1.74. The molecule has 0 aliphatic carbocycles. The van der Waals surface area contributed by atoms with Gasteiger partial charge in [0.15, 0.2) is 5.78 Å². The first kappa shape index (κ1) is 12.9. The molecule has 16 heavy (non-hydrogen) atoms. The second-order valence-corrected chi connectivity index (χ2v) is 4.14. The van der Waals surface area contributed by atoms with Crippen LogP contribution in [0.15, 0.2) is 12.4 Å². The third-order valence-corrected chi connectivity index (χ3v) is 2.85. The minimum atomic E-state index is -0.662. The molecule has 0 aliphatic rings. The largest absolute Gasteiger partial charge is 0.368 e. The van der Waals surface area contributed by atoms with Crippen molar-refractivity contribution in [2.24, 2.45) is 7.05 Å². The molecule has 90 valence electrons. The lowest BCUT2D eigenvalue weighted by molar-refractivity contribution is -0.141. The number of Topliss-reactive ketones (excluding diaryl/α,β-unsaturated/α-hetero) is 1. The fraction of sp³-hybridized carbons (Fsp3) is 0.667. The Labute approximate surface area is 96.6 Å². The van der Waals surface area contributed by atoms with E-state index in [1.54, 1.807) is 10.9 Å². The third kappa shape index (κ3) is 2.92. The van der Waals surface area contributed by atoms with Gasteiger partial charge in [0.2, 0.25) is 0 Å². The Morgan fingerprint density at radius 2 is 2.25 bits per heavy atom. The first-order valence-corrected chi connectivity index (χ1v) is 5.66. The summed E-state index contributed by atoms with van der Waals surface area (Å²) in [6, 6.07) is 0. The highest BCUT2D eigenvalue weighted by Crippen LogP contribution is 2.18. The van der Waals surface area contributed by atoms with Crippen molar-refractivity contribution in [1.29, 1.82) is 0 Å². The zero-order valence-electron chi connectivity index (χ0n) is 10.5. The van der Waals surface area contributed by atoms with Gasteiger partial charge in [0.05, 0.1) is 6.20 Å². The van der Waals surface area contributed by atoms with E-state index in [-0.39, 0.29) is 5.78 Å².